The molecule has 2 fully saturated rings. The third-order valence-corrected chi connectivity index (χ3v) is 6.30. The lowest BCUT2D eigenvalue weighted by molar-refractivity contribution is -0.188. The zero-order chi connectivity index (χ0) is 23.9. The molecule has 35 heavy (non-hydrogen) atoms. The minimum atomic E-state index is -0.170. The molecule has 2 aliphatic heterocycles. The molecule has 184 valence electrons. The van der Waals surface area contributed by atoms with E-state index in [4.69, 9.17) is 18.7 Å². The van der Waals surface area contributed by atoms with Crippen LogP contribution < -0.4 is 0 Å². The van der Waals surface area contributed by atoms with Gasteiger partial charge < -0.3 is 23.3 Å². The van der Waals surface area contributed by atoms with Gasteiger partial charge in [0, 0.05) is 49.3 Å². The molecule has 2 saturated heterocycles. The molecule has 5 rings (SSSR count). The van der Waals surface area contributed by atoms with Gasteiger partial charge in [0.1, 0.15) is 17.6 Å². The predicted octanol–water partition coefficient (Wildman–Crippen LogP) is 3.87. The zero-order valence-corrected chi connectivity index (χ0v) is 20.2. The van der Waals surface area contributed by atoms with Crippen LogP contribution in [0.1, 0.15) is 49.4 Å². The molecule has 8 nitrogen and oxygen atoms in total. The van der Waals surface area contributed by atoms with Gasteiger partial charge in [0.05, 0.1) is 26.3 Å². The monoisotopic (exact) mass is 476 g/mol. The number of ether oxygens (including phenoxy) is 3. The standard InChI is InChI=1S/C27H32N4O4/c1-21(34-26-6-2-3-16-33-26)27-28-11-13-31(27)20-24-19-25(35-29-24)23-9-7-22(8-10-23)5-4-12-30-14-17-32-18-15-30/h7-11,13,19,21,26H,2-3,6,12,14-18,20H2,1H3/t21-,26?/m0/s1. The minimum Gasteiger partial charge on any atom is -0.379 e. The van der Waals surface area contributed by atoms with Gasteiger partial charge in [-0.3, -0.25) is 4.90 Å². The van der Waals surface area contributed by atoms with Gasteiger partial charge in [-0.25, -0.2) is 4.98 Å². The summed E-state index contributed by atoms with van der Waals surface area (Å²) in [6, 6.07) is 10.0. The van der Waals surface area contributed by atoms with E-state index in [1.807, 2.05) is 48.0 Å². The molecule has 8 heteroatoms. The van der Waals surface area contributed by atoms with Crippen molar-refractivity contribution >= 4 is 0 Å². The average Bonchev–Trinajstić information content (AvgIpc) is 3.56. The quantitative estimate of drug-likeness (QED) is 0.479. The molecule has 0 aliphatic carbocycles. The van der Waals surface area contributed by atoms with Crippen molar-refractivity contribution < 1.29 is 18.7 Å². The molecule has 1 unspecified atom stereocenters. The molecule has 4 heterocycles. The first-order valence-electron chi connectivity index (χ1n) is 12.4. The molecule has 0 saturated carbocycles. The second kappa shape index (κ2) is 11.6. The van der Waals surface area contributed by atoms with Crippen LogP contribution in [0.15, 0.2) is 47.2 Å². The van der Waals surface area contributed by atoms with Gasteiger partial charge in [-0.05, 0) is 50.5 Å². The summed E-state index contributed by atoms with van der Waals surface area (Å²) in [5.74, 6) is 8.08. The Hall–Kier alpha value is -2.96. The van der Waals surface area contributed by atoms with Crippen LogP contribution in [0.4, 0.5) is 0 Å². The van der Waals surface area contributed by atoms with E-state index < -0.39 is 0 Å². The lowest BCUT2D eigenvalue weighted by Gasteiger charge is -2.26. The normalized spacial score (nSPS) is 19.7. The Morgan fingerprint density at radius 3 is 2.80 bits per heavy atom. The Labute approximate surface area is 206 Å². The Morgan fingerprint density at radius 2 is 2.00 bits per heavy atom. The van der Waals surface area contributed by atoms with Gasteiger partial charge in [-0.1, -0.05) is 17.0 Å². The second-order valence-electron chi connectivity index (χ2n) is 8.94. The Balaban J connectivity index is 1.18. The Kier molecular flexibility index (Phi) is 7.91. The van der Waals surface area contributed by atoms with Crippen molar-refractivity contribution in [2.24, 2.45) is 0 Å². The van der Waals surface area contributed by atoms with E-state index in [0.29, 0.717) is 6.54 Å². The summed E-state index contributed by atoms with van der Waals surface area (Å²) in [6.07, 6.45) is 6.56. The molecule has 0 spiro atoms. The van der Waals surface area contributed by atoms with Crippen LogP contribution in [0.25, 0.3) is 11.3 Å². The molecule has 0 amide bonds. The van der Waals surface area contributed by atoms with Gasteiger partial charge >= 0.3 is 0 Å². The Bertz CT molecular complexity index is 1130. The third kappa shape index (κ3) is 6.38. The van der Waals surface area contributed by atoms with Crippen molar-refractivity contribution in [3.05, 3.63) is 59.8 Å². The van der Waals surface area contributed by atoms with E-state index >= 15 is 0 Å². The van der Waals surface area contributed by atoms with Gasteiger partial charge in [-0.2, -0.15) is 0 Å². The number of benzene rings is 1. The molecule has 3 aromatic rings. The van der Waals surface area contributed by atoms with Gasteiger partial charge in [0.15, 0.2) is 12.1 Å². The number of imidazole rings is 1. The maximum absolute atomic E-state index is 6.09. The Morgan fingerprint density at radius 1 is 1.14 bits per heavy atom. The van der Waals surface area contributed by atoms with E-state index in [-0.39, 0.29) is 12.4 Å². The zero-order valence-electron chi connectivity index (χ0n) is 20.2. The van der Waals surface area contributed by atoms with Crippen molar-refractivity contribution in [1.29, 1.82) is 0 Å². The van der Waals surface area contributed by atoms with Crippen LogP contribution in [0.3, 0.4) is 0 Å². The SMILES string of the molecule is C[C@H](OC1CCCCO1)c1nccn1Cc1cc(-c2ccc(C#CCN3CCOCC3)cc2)on1. The van der Waals surface area contributed by atoms with Crippen LogP contribution in [0.5, 0.6) is 0 Å². The maximum atomic E-state index is 6.09. The first-order valence-corrected chi connectivity index (χ1v) is 12.4. The van der Waals surface area contributed by atoms with E-state index in [1.54, 1.807) is 6.20 Å². The van der Waals surface area contributed by atoms with Crippen LogP contribution in [-0.2, 0) is 20.8 Å². The molecular formula is C27H32N4O4. The predicted molar refractivity (Wildman–Crippen MR) is 130 cm³/mol. The fraction of sp³-hybridized carbons (Fsp3) is 0.481. The third-order valence-electron chi connectivity index (χ3n) is 6.30. The number of morpholine rings is 1. The van der Waals surface area contributed by atoms with Crippen molar-refractivity contribution in [2.45, 2.75) is 45.1 Å². The summed E-state index contributed by atoms with van der Waals surface area (Å²) in [4.78, 5) is 6.82. The highest BCUT2D eigenvalue weighted by molar-refractivity contribution is 5.59. The van der Waals surface area contributed by atoms with Crippen molar-refractivity contribution in [3.8, 4) is 23.2 Å². The molecule has 1 aromatic carbocycles. The number of rotatable bonds is 7. The summed E-state index contributed by atoms with van der Waals surface area (Å²) in [5.41, 5.74) is 2.79. The largest absolute Gasteiger partial charge is 0.379 e. The summed E-state index contributed by atoms with van der Waals surface area (Å²) < 4.78 is 24.9. The van der Waals surface area contributed by atoms with Crippen molar-refractivity contribution in [1.82, 2.24) is 19.6 Å². The lowest BCUT2D eigenvalue weighted by Crippen LogP contribution is -2.36. The van der Waals surface area contributed by atoms with E-state index in [0.717, 1.165) is 87.1 Å². The topological polar surface area (TPSA) is 74.8 Å². The first kappa shape index (κ1) is 23.8. The average molecular weight is 477 g/mol. The molecule has 0 bridgehead atoms. The van der Waals surface area contributed by atoms with Crippen LogP contribution >= 0.6 is 0 Å². The number of aromatic nitrogens is 3. The van der Waals surface area contributed by atoms with Crippen molar-refractivity contribution in [3.63, 3.8) is 0 Å². The highest BCUT2D eigenvalue weighted by atomic mass is 16.7. The molecule has 2 aromatic heterocycles. The lowest BCUT2D eigenvalue weighted by atomic mass is 10.1. The van der Waals surface area contributed by atoms with Crippen LogP contribution in [0, 0.1) is 11.8 Å². The smallest absolute Gasteiger partial charge is 0.167 e. The van der Waals surface area contributed by atoms with E-state index in [9.17, 15) is 0 Å². The van der Waals surface area contributed by atoms with Crippen LogP contribution in [0.2, 0.25) is 0 Å². The summed E-state index contributed by atoms with van der Waals surface area (Å²) >= 11 is 0. The van der Waals surface area contributed by atoms with Gasteiger partial charge in [0.25, 0.3) is 0 Å². The summed E-state index contributed by atoms with van der Waals surface area (Å²) in [7, 11) is 0. The van der Waals surface area contributed by atoms with E-state index in [1.165, 1.54) is 0 Å². The first-order chi connectivity index (χ1) is 17.2. The van der Waals surface area contributed by atoms with E-state index in [2.05, 4.69) is 26.9 Å². The fourth-order valence-electron chi connectivity index (χ4n) is 4.35. The molecular weight excluding hydrogens is 444 g/mol. The highest BCUT2D eigenvalue weighted by Crippen LogP contribution is 2.25. The second-order valence-corrected chi connectivity index (χ2v) is 8.94. The highest BCUT2D eigenvalue weighted by Gasteiger charge is 2.21. The number of hydrogen-bond acceptors (Lipinski definition) is 7. The minimum absolute atomic E-state index is 0.158. The molecule has 0 radical (unpaired) electrons. The summed E-state index contributed by atoms with van der Waals surface area (Å²) in [5, 5.41) is 4.27. The molecule has 0 N–H and O–H groups in total. The fourth-order valence-corrected chi connectivity index (χ4v) is 4.35. The number of nitrogens with zero attached hydrogens (tertiary/aromatic N) is 4. The molecule has 2 aliphatic rings. The molecule has 2 atom stereocenters. The van der Waals surface area contributed by atoms with Gasteiger partial charge in [-0.15, -0.1) is 0 Å². The maximum Gasteiger partial charge on any atom is 0.167 e. The summed E-state index contributed by atoms with van der Waals surface area (Å²) in [6.45, 7) is 7.57. The van der Waals surface area contributed by atoms with Crippen LogP contribution in [-0.4, -0.2) is 65.4 Å². The number of hydrogen-bond donors (Lipinski definition) is 0. The van der Waals surface area contributed by atoms with Crippen molar-refractivity contribution in [2.75, 3.05) is 39.5 Å². The van der Waals surface area contributed by atoms with Gasteiger partial charge in [0.2, 0.25) is 0 Å².